The van der Waals surface area contributed by atoms with E-state index in [0.717, 1.165) is 36.4 Å². The first kappa shape index (κ1) is 30.6. The Hall–Kier alpha value is -4.41. The van der Waals surface area contributed by atoms with Crippen molar-refractivity contribution in [2.45, 2.75) is 12.8 Å². The number of carbonyl (C=O) groups excluding carboxylic acids is 3. The van der Waals surface area contributed by atoms with E-state index in [1.54, 1.807) is 36.4 Å². The Morgan fingerprint density at radius 2 is 1.73 bits per heavy atom. The van der Waals surface area contributed by atoms with Crippen molar-refractivity contribution < 1.29 is 23.5 Å². The summed E-state index contributed by atoms with van der Waals surface area (Å²) in [6.45, 7) is 4.42. The molecule has 0 atom stereocenters. The van der Waals surface area contributed by atoms with E-state index in [0.29, 0.717) is 59.4 Å². The number of halogens is 1. The summed E-state index contributed by atoms with van der Waals surface area (Å²) in [6.07, 6.45) is 2.59. The summed E-state index contributed by atoms with van der Waals surface area (Å²) in [6, 6.07) is 19.0. The molecule has 1 aromatic heterocycles. The average molecular weight is 673 g/mol. The number of morpholine rings is 1. The van der Waals surface area contributed by atoms with Crippen LogP contribution in [0, 0.1) is 5.82 Å². The van der Waals surface area contributed by atoms with Crippen LogP contribution in [0.1, 0.15) is 52.2 Å². The van der Waals surface area contributed by atoms with Gasteiger partial charge in [-0.05, 0) is 30.5 Å². The number of fused-ring (bicyclic) bond motifs is 2. The fourth-order valence-electron chi connectivity index (χ4n) is 5.43. The summed E-state index contributed by atoms with van der Waals surface area (Å²) in [5.74, 6) is -1.08. The third-order valence-electron chi connectivity index (χ3n) is 7.85. The number of anilines is 2. The van der Waals surface area contributed by atoms with Crippen LogP contribution in [0.15, 0.2) is 76.8 Å². The van der Waals surface area contributed by atoms with Gasteiger partial charge in [0.2, 0.25) is 0 Å². The predicted molar refractivity (Wildman–Crippen MR) is 171 cm³/mol. The van der Waals surface area contributed by atoms with Crippen LogP contribution < -0.4 is 16.1 Å². The maximum atomic E-state index is 14.5. The van der Waals surface area contributed by atoms with Crippen LogP contribution in [0.3, 0.4) is 0 Å². The van der Waals surface area contributed by atoms with Crippen molar-refractivity contribution in [2.75, 3.05) is 44.7 Å². The van der Waals surface area contributed by atoms with Crippen molar-refractivity contribution in [3.8, 4) is 0 Å². The van der Waals surface area contributed by atoms with Gasteiger partial charge >= 0.3 is 138 Å². The monoisotopic (exact) mass is 673 g/mol. The normalized spacial score (nSPS) is 14.8. The molecular weight excluding hydrogens is 640 g/mol. The quantitative estimate of drug-likeness (QED) is 0.142. The minimum Gasteiger partial charge on any atom is -0.0231 e. The number of ether oxygens (including phenoxy) is 1. The Balaban J connectivity index is 1.11. The minimum absolute atomic E-state index is 0.0152. The molecular formula is C34H32FN5O4Se. The van der Waals surface area contributed by atoms with Gasteiger partial charge in [-0.1, -0.05) is 6.07 Å². The van der Waals surface area contributed by atoms with Gasteiger partial charge in [0.25, 0.3) is 5.91 Å². The molecule has 1 aliphatic heterocycles. The Kier molecular flexibility index (Phi) is 9.61. The Bertz CT molecular complexity index is 1750. The van der Waals surface area contributed by atoms with Crippen molar-refractivity contribution in [3.05, 3.63) is 115 Å². The number of amides is 2. The second kappa shape index (κ2) is 14.1. The van der Waals surface area contributed by atoms with Crippen molar-refractivity contribution in [3.63, 3.8) is 0 Å². The van der Waals surface area contributed by atoms with Gasteiger partial charge < -0.3 is 10.1 Å². The van der Waals surface area contributed by atoms with Crippen molar-refractivity contribution >= 4 is 49.7 Å². The topological polar surface area (TPSA) is 112 Å². The fourth-order valence-corrected chi connectivity index (χ4v) is 6.71. The van der Waals surface area contributed by atoms with Crippen LogP contribution in [0.4, 0.5) is 15.8 Å². The smallest absolute Gasteiger partial charge is 0.0231 e. The van der Waals surface area contributed by atoms with E-state index in [-0.39, 0.29) is 37.7 Å². The van der Waals surface area contributed by atoms with E-state index in [2.05, 4.69) is 26.1 Å². The Labute approximate surface area is 266 Å². The van der Waals surface area contributed by atoms with Crippen LogP contribution in [0.25, 0.3) is 0 Å². The van der Waals surface area contributed by atoms with Crippen molar-refractivity contribution in [1.29, 1.82) is 0 Å². The molecule has 11 heteroatoms. The molecule has 6 rings (SSSR count). The molecule has 2 amide bonds. The number of aryl methyl sites for hydroxylation is 2. The molecule has 3 N–H and O–H groups in total. The van der Waals surface area contributed by atoms with Crippen LogP contribution in [0.5, 0.6) is 0 Å². The van der Waals surface area contributed by atoms with E-state index in [1.165, 1.54) is 12.3 Å². The van der Waals surface area contributed by atoms with Gasteiger partial charge in [-0.3, -0.25) is 14.5 Å². The molecule has 1 fully saturated rings. The zero-order valence-corrected chi connectivity index (χ0v) is 26.2. The molecule has 0 spiro atoms. The SMILES string of the molecule is O=C(NCCN1CCOCC1)c1ccc2c(c1)C(=O)c1ccc(Nc3ccc(F)c(/C=N/NC(=O)c4ccc[se]4)c3)cc1CC2. The fraction of sp³-hybridized carbons (Fsp3) is 0.235. The second-order valence-electron chi connectivity index (χ2n) is 10.8. The maximum absolute atomic E-state index is 14.5. The molecule has 9 nitrogen and oxygen atoms in total. The van der Waals surface area contributed by atoms with E-state index < -0.39 is 5.82 Å². The van der Waals surface area contributed by atoms with Gasteiger partial charge in [-0.25, -0.2) is 0 Å². The summed E-state index contributed by atoms with van der Waals surface area (Å²) in [4.78, 5) is 42.9. The summed E-state index contributed by atoms with van der Waals surface area (Å²) in [5.41, 5.74) is 7.44. The van der Waals surface area contributed by atoms with Crippen LogP contribution in [0.2, 0.25) is 0 Å². The van der Waals surface area contributed by atoms with E-state index >= 15 is 0 Å². The summed E-state index contributed by atoms with van der Waals surface area (Å²) >= 11 is -0.0152. The molecule has 45 heavy (non-hydrogen) atoms. The summed E-state index contributed by atoms with van der Waals surface area (Å²) in [7, 11) is 0. The Morgan fingerprint density at radius 3 is 2.56 bits per heavy atom. The minimum atomic E-state index is -0.472. The number of nitrogens with one attached hydrogen (secondary N) is 3. The first-order valence-corrected chi connectivity index (χ1v) is 16.6. The first-order valence-electron chi connectivity index (χ1n) is 14.8. The second-order valence-corrected chi connectivity index (χ2v) is 12.8. The number of hydrogen-bond donors (Lipinski definition) is 3. The van der Waals surface area contributed by atoms with Gasteiger partial charge in [-0.15, -0.1) is 0 Å². The average Bonchev–Trinajstić information content (AvgIpc) is 3.57. The number of benzene rings is 3. The van der Waals surface area contributed by atoms with Gasteiger partial charge in [0.15, 0.2) is 5.78 Å². The molecule has 4 aromatic rings. The Morgan fingerprint density at radius 1 is 0.933 bits per heavy atom. The van der Waals surface area contributed by atoms with Crippen molar-refractivity contribution in [2.24, 2.45) is 5.10 Å². The molecule has 3 aromatic carbocycles. The summed E-state index contributed by atoms with van der Waals surface area (Å²) in [5, 5.41) is 10.2. The van der Waals surface area contributed by atoms with Crippen LogP contribution in [-0.4, -0.2) is 82.6 Å². The molecule has 2 aliphatic rings. The molecule has 0 unspecified atom stereocenters. The zero-order valence-electron chi connectivity index (χ0n) is 24.5. The number of hydrazone groups is 1. The standard InChI is InChI=1S/C34H32FN5O4Se/c35-30-10-8-27(19-25(30)21-37-39-34(43)31-2-1-17-45-31)38-26-7-9-28-23(18-26)5-3-22-4-6-24(20-29(22)32(28)41)33(42)36-11-12-40-13-15-44-16-14-40/h1-2,4,6-10,17-21,38H,3,5,11-16H2,(H,36,42)(H,39,43)/b37-21+. The molecule has 2 heterocycles. The van der Waals surface area contributed by atoms with E-state index in [1.807, 2.05) is 29.2 Å². The molecule has 230 valence electrons. The first-order chi connectivity index (χ1) is 21.9. The summed E-state index contributed by atoms with van der Waals surface area (Å²) < 4.78 is 20.5. The third-order valence-corrected chi connectivity index (χ3v) is 9.67. The molecule has 0 radical (unpaired) electrons. The van der Waals surface area contributed by atoms with Gasteiger partial charge in [0.05, 0.1) is 13.2 Å². The number of nitrogens with zero attached hydrogens (tertiary/aromatic N) is 2. The molecule has 1 aliphatic carbocycles. The number of rotatable bonds is 9. The van der Waals surface area contributed by atoms with Gasteiger partial charge in [-0.2, -0.15) is 0 Å². The van der Waals surface area contributed by atoms with E-state index in [4.69, 9.17) is 4.74 Å². The number of ketones is 1. The predicted octanol–water partition coefficient (Wildman–Crippen LogP) is 3.78. The van der Waals surface area contributed by atoms with E-state index in [9.17, 15) is 18.8 Å². The van der Waals surface area contributed by atoms with Gasteiger partial charge in [0, 0.05) is 42.9 Å². The van der Waals surface area contributed by atoms with Crippen LogP contribution in [-0.2, 0) is 17.6 Å². The number of carbonyl (C=O) groups is 3. The van der Waals surface area contributed by atoms with Gasteiger partial charge in [0.1, 0.15) is 0 Å². The molecule has 0 bridgehead atoms. The molecule has 0 saturated carbocycles. The third kappa shape index (κ3) is 7.46. The van der Waals surface area contributed by atoms with Crippen LogP contribution >= 0.6 is 0 Å². The van der Waals surface area contributed by atoms with Crippen molar-refractivity contribution in [1.82, 2.24) is 15.6 Å². The zero-order chi connectivity index (χ0) is 31.2. The number of hydrogen-bond acceptors (Lipinski definition) is 7. The molecule has 1 saturated heterocycles.